The highest BCUT2D eigenvalue weighted by Gasteiger charge is 2.31. The highest BCUT2D eigenvalue weighted by atomic mass is 35.5. The average molecular weight is 621 g/mol. The van der Waals surface area contributed by atoms with Gasteiger partial charge in [0.05, 0.1) is 9.93 Å². The van der Waals surface area contributed by atoms with Crippen LogP contribution in [0.1, 0.15) is 31.2 Å². The summed E-state index contributed by atoms with van der Waals surface area (Å²) in [7, 11) is 0. The number of halogens is 4. The predicted molar refractivity (Wildman–Crippen MR) is 153 cm³/mol. The highest BCUT2D eigenvalue weighted by Crippen LogP contribution is 2.34. The quantitative estimate of drug-likeness (QED) is 0.0824. The normalized spacial score (nSPS) is 14.4. The van der Waals surface area contributed by atoms with Crippen LogP contribution < -0.4 is 10.6 Å². The molecule has 1 aliphatic rings. The van der Waals surface area contributed by atoms with Crippen LogP contribution in [0.5, 0.6) is 5.75 Å². The van der Waals surface area contributed by atoms with Crippen molar-refractivity contribution in [3.63, 3.8) is 0 Å². The zero-order chi connectivity index (χ0) is 27.1. The molecule has 2 aromatic rings. The molecule has 0 aliphatic carbocycles. The third kappa shape index (κ3) is 8.32. The van der Waals surface area contributed by atoms with Gasteiger partial charge in [0.15, 0.2) is 6.61 Å². The summed E-state index contributed by atoms with van der Waals surface area (Å²) < 4.78 is 5.77. The molecule has 0 saturated carbocycles. The molecule has 0 spiro atoms. The molecule has 1 fully saturated rings. The number of imide groups is 1. The minimum Gasteiger partial charge on any atom is -0.482 e. The third-order valence-corrected chi connectivity index (χ3v) is 7.65. The lowest BCUT2D eigenvalue weighted by Crippen LogP contribution is -2.45. The maximum absolute atomic E-state index is 12.8. The van der Waals surface area contributed by atoms with E-state index in [2.05, 4.69) is 0 Å². The summed E-state index contributed by atoms with van der Waals surface area (Å²) >= 11 is 30.5. The van der Waals surface area contributed by atoms with Crippen molar-refractivity contribution in [1.29, 1.82) is 0 Å². The van der Waals surface area contributed by atoms with E-state index in [0.29, 0.717) is 60.7 Å². The minimum atomic E-state index is -0.707. The lowest BCUT2D eigenvalue weighted by molar-refractivity contribution is -0.146. The van der Waals surface area contributed by atoms with Crippen molar-refractivity contribution in [1.82, 2.24) is 9.91 Å². The monoisotopic (exact) mass is 619 g/mol. The molecule has 0 aromatic heterocycles. The third-order valence-electron chi connectivity index (χ3n) is 5.18. The van der Waals surface area contributed by atoms with Crippen LogP contribution in [0.3, 0.4) is 0 Å². The van der Waals surface area contributed by atoms with Gasteiger partial charge in [-0.1, -0.05) is 82.9 Å². The first-order valence-electron chi connectivity index (χ1n) is 11.0. The minimum absolute atomic E-state index is 0.0668. The van der Waals surface area contributed by atoms with Crippen LogP contribution in [0.2, 0.25) is 20.1 Å². The van der Waals surface area contributed by atoms with Gasteiger partial charge in [-0.25, -0.2) is 10.9 Å². The molecule has 37 heavy (non-hydrogen) atoms. The van der Waals surface area contributed by atoms with Gasteiger partial charge in [0.1, 0.15) is 10.1 Å². The molecule has 3 amide bonds. The lowest BCUT2D eigenvalue weighted by atomic mass is 10.1. The molecule has 3 rings (SSSR count). The Morgan fingerprint density at radius 1 is 1.00 bits per heavy atom. The molecule has 1 saturated heterocycles. The summed E-state index contributed by atoms with van der Waals surface area (Å²) in [4.78, 5) is 39.2. The smallest absolute Gasteiger partial charge is 0.281 e. The number of rotatable bonds is 10. The van der Waals surface area contributed by atoms with Gasteiger partial charge >= 0.3 is 0 Å². The molecule has 2 N–H and O–H groups in total. The SMILES string of the molecule is NN(C(=O)CCCCCN1C(=O)C(=Cc2ccc(Cl)cc2Cl)SC1=S)C(=O)COc1ccc(Cl)cc1Cl. The summed E-state index contributed by atoms with van der Waals surface area (Å²) in [6.07, 6.45) is 3.48. The van der Waals surface area contributed by atoms with Crippen LogP contribution in [-0.4, -0.2) is 45.1 Å². The second-order valence-electron chi connectivity index (χ2n) is 7.83. The molecule has 13 heteroatoms. The van der Waals surface area contributed by atoms with E-state index >= 15 is 0 Å². The zero-order valence-corrected chi connectivity index (χ0v) is 23.9. The number of thiocarbonyl (C=S) groups is 1. The molecule has 7 nitrogen and oxygen atoms in total. The van der Waals surface area contributed by atoms with Crippen LogP contribution in [-0.2, 0) is 14.4 Å². The first-order valence-corrected chi connectivity index (χ1v) is 13.7. The Bertz CT molecular complexity index is 1260. The highest BCUT2D eigenvalue weighted by molar-refractivity contribution is 8.26. The van der Waals surface area contributed by atoms with Crippen molar-refractivity contribution in [2.75, 3.05) is 13.2 Å². The summed E-state index contributed by atoms with van der Waals surface area (Å²) in [5, 5.41) is 2.15. The number of carbonyl (C=O) groups excluding carboxylic acids is 3. The fourth-order valence-corrected chi connectivity index (χ4v) is 5.46. The van der Waals surface area contributed by atoms with Gasteiger partial charge in [0, 0.05) is 28.0 Å². The van der Waals surface area contributed by atoms with E-state index in [4.69, 9.17) is 69.2 Å². The van der Waals surface area contributed by atoms with Crippen LogP contribution in [0.25, 0.3) is 6.08 Å². The number of unbranched alkanes of at least 4 members (excludes halogenated alkanes) is 2. The van der Waals surface area contributed by atoms with E-state index in [1.165, 1.54) is 28.8 Å². The van der Waals surface area contributed by atoms with Crippen molar-refractivity contribution < 1.29 is 19.1 Å². The fraction of sp³-hybridized carbons (Fsp3) is 0.250. The molecule has 196 valence electrons. The molecule has 2 aromatic carbocycles. The Hall–Kier alpha value is -1.85. The lowest BCUT2D eigenvalue weighted by Gasteiger charge is -2.16. The van der Waals surface area contributed by atoms with Crippen molar-refractivity contribution >= 4 is 98.5 Å². The average Bonchev–Trinajstić information content (AvgIpc) is 3.11. The van der Waals surface area contributed by atoms with Gasteiger partial charge < -0.3 is 4.74 Å². The van der Waals surface area contributed by atoms with Crippen LogP contribution >= 0.6 is 70.4 Å². The Labute approximate surface area is 243 Å². The number of hydrazine groups is 1. The summed E-state index contributed by atoms with van der Waals surface area (Å²) in [5.74, 6) is 4.45. The molecule has 1 heterocycles. The van der Waals surface area contributed by atoms with Crippen molar-refractivity contribution in [2.45, 2.75) is 25.7 Å². The fourth-order valence-electron chi connectivity index (χ4n) is 3.24. The number of nitrogens with two attached hydrogens (primary N) is 1. The van der Waals surface area contributed by atoms with Crippen LogP contribution in [0.4, 0.5) is 0 Å². The Morgan fingerprint density at radius 2 is 1.68 bits per heavy atom. The van der Waals surface area contributed by atoms with E-state index in [1.807, 2.05) is 0 Å². The van der Waals surface area contributed by atoms with Crippen LogP contribution in [0, 0.1) is 0 Å². The van der Waals surface area contributed by atoms with E-state index in [1.54, 1.807) is 30.3 Å². The van der Waals surface area contributed by atoms with E-state index < -0.39 is 18.4 Å². The van der Waals surface area contributed by atoms with Gasteiger partial charge in [0.25, 0.3) is 11.8 Å². The maximum Gasteiger partial charge on any atom is 0.281 e. The van der Waals surface area contributed by atoms with E-state index in [9.17, 15) is 14.4 Å². The molecule has 0 unspecified atom stereocenters. The Balaban J connectivity index is 1.40. The Morgan fingerprint density at radius 3 is 2.35 bits per heavy atom. The van der Waals surface area contributed by atoms with Crippen molar-refractivity contribution in [3.05, 3.63) is 67.0 Å². The number of hydrogen-bond donors (Lipinski definition) is 1. The van der Waals surface area contributed by atoms with E-state index in [0.717, 1.165) is 0 Å². The molecule has 0 bridgehead atoms. The number of nitrogens with zero attached hydrogens (tertiary/aromatic N) is 2. The van der Waals surface area contributed by atoms with Crippen molar-refractivity contribution in [2.24, 2.45) is 5.84 Å². The number of benzene rings is 2. The first kappa shape index (κ1) is 29.7. The predicted octanol–water partition coefficient (Wildman–Crippen LogP) is 6.37. The standard InChI is InChI=1S/C24H21Cl4N3O4S2/c25-15-6-5-14(17(27)11-15)10-20-23(34)30(24(36)37-20)9-3-1-2-4-21(32)31(29)22(33)13-35-19-8-7-16(26)12-18(19)28/h5-8,10-12H,1-4,9,13,29H2. The molecule has 0 atom stereocenters. The molecule has 1 aliphatic heterocycles. The largest absolute Gasteiger partial charge is 0.482 e. The number of amides is 3. The number of ether oxygens (including phenoxy) is 1. The number of thioether (sulfide) groups is 1. The summed E-state index contributed by atoms with van der Waals surface area (Å²) in [6, 6.07) is 9.59. The zero-order valence-electron chi connectivity index (χ0n) is 19.2. The summed E-state index contributed by atoms with van der Waals surface area (Å²) in [5.41, 5.74) is 0.674. The maximum atomic E-state index is 12.8. The Kier molecular flexibility index (Phi) is 11.1. The van der Waals surface area contributed by atoms with E-state index in [-0.39, 0.29) is 23.1 Å². The number of hydrogen-bond acceptors (Lipinski definition) is 7. The first-order chi connectivity index (χ1) is 17.6. The van der Waals surface area contributed by atoms with Gasteiger partial charge in [-0.3, -0.25) is 19.3 Å². The summed E-state index contributed by atoms with van der Waals surface area (Å²) in [6.45, 7) is -0.0433. The van der Waals surface area contributed by atoms with Crippen LogP contribution in [0.15, 0.2) is 41.3 Å². The second-order valence-corrected chi connectivity index (χ2v) is 11.2. The van der Waals surface area contributed by atoms with Crippen molar-refractivity contribution in [3.8, 4) is 5.75 Å². The van der Waals surface area contributed by atoms with Gasteiger partial charge in [0.2, 0.25) is 5.91 Å². The molecule has 0 radical (unpaired) electrons. The van der Waals surface area contributed by atoms with Gasteiger partial charge in [-0.2, -0.15) is 0 Å². The van der Waals surface area contributed by atoms with Gasteiger partial charge in [-0.05, 0) is 54.8 Å². The molecular formula is C24H21Cl4N3O4S2. The second kappa shape index (κ2) is 13.8. The topological polar surface area (TPSA) is 92.9 Å². The molecular weight excluding hydrogens is 600 g/mol. The van der Waals surface area contributed by atoms with Gasteiger partial charge in [-0.15, -0.1) is 0 Å². The number of carbonyl (C=O) groups is 3.